The quantitative estimate of drug-likeness (QED) is 0.652. The van der Waals surface area contributed by atoms with E-state index in [1.54, 1.807) is 31.9 Å². The third-order valence-electron chi connectivity index (χ3n) is 5.53. The van der Waals surface area contributed by atoms with Gasteiger partial charge in [0.15, 0.2) is 0 Å². The topological polar surface area (TPSA) is 79.0 Å². The van der Waals surface area contributed by atoms with E-state index >= 15 is 0 Å². The van der Waals surface area contributed by atoms with E-state index in [2.05, 4.69) is 15.7 Å². The lowest BCUT2D eigenvalue weighted by Crippen LogP contribution is -2.32. The van der Waals surface area contributed by atoms with Crippen LogP contribution >= 0.6 is 0 Å². The van der Waals surface area contributed by atoms with Crippen molar-refractivity contribution in [3.05, 3.63) is 53.6 Å². The van der Waals surface area contributed by atoms with E-state index in [-0.39, 0.29) is 22.6 Å². The Morgan fingerprint density at radius 1 is 1.12 bits per heavy atom. The fourth-order valence-electron chi connectivity index (χ4n) is 4.03. The summed E-state index contributed by atoms with van der Waals surface area (Å²) in [7, 11) is -0.669. The number of carbonyl (C=O) groups excluding carboxylic acids is 1. The van der Waals surface area contributed by atoms with Gasteiger partial charge in [-0.3, -0.25) is 4.79 Å². The molecule has 2 aromatic carbocycles. The fourth-order valence-corrected chi connectivity index (χ4v) is 5.47. The van der Waals surface area contributed by atoms with E-state index in [1.165, 1.54) is 38.5 Å². The fraction of sp³-hybridized carbons (Fsp3) is 0.458. The predicted molar refractivity (Wildman–Crippen MR) is 127 cm³/mol. The molecule has 32 heavy (non-hydrogen) atoms. The van der Waals surface area contributed by atoms with Crippen LogP contribution in [0.25, 0.3) is 0 Å². The molecule has 3 rings (SSSR count). The molecule has 1 amide bonds. The van der Waals surface area contributed by atoms with Crippen molar-refractivity contribution in [3.63, 3.8) is 0 Å². The Labute approximate surface area is 191 Å². The van der Waals surface area contributed by atoms with Crippen molar-refractivity contribution in [2.24, 2.45) is 0 Å². The minimum absolute atomic E-state index is 0.0401. The molecule has 2 aromatic rings. The highest BCUT2D eigenvalue weighted by Gasteiger charge is 2.24. The number of piperidine rings is 1. The molecule has 0 aromatic heterocycles. The SMILES string of the molecule is COc1ccc(C(=O)N(C)Cc2ccccc2N2CCCCC2)cc1S(=O)(=O)NC(C)C. The van der Waals surface area contributed by atoms with E-state index in [9.17, 15) is 13.2 Å². The van der Waals surface area contributed by atoms with Gasteiger partial charge in [-0.15, -0.1) is 0 Å². The van der Waals surface area contributed by atoms with Crippen molar-refractivity contribution in [1.82, 2.24) is 9.62 Å². The number of hydrogen-bond donors (Lipinski definition) is 1. The molecule has 7 nitrogen and oxygen atoms in total. The highest BCUT2D eigenvalue weighted by Crippen LogP contribution is 2.28. The molecule has 1 aliphatic heterocycles. The van der Waals surface area contributed by atoms with Gasteiger partial charge in [0.2, 0.25) is 10.0 Å². The van der Waals surface area contributed by atoms with Crippen molar-refractivity contribution in [2.75, 3.05) is 32.1 Å². The molecular formula is C24H33N3O4S. The second-order valence-electron chi connectivity index (χ2n) is 8.48. The molecule has 1 aliphatic rings. The Morgan fingerprint density at radius 3 is 2.47 bits per heavy atom. The van der Waals surface area contributed by atoms with Crippen molar-refractivity contribution < 1.29 is 17.9 Å². The number of nitrogens with one attached hydrogen (secondary N) is 1. The van der Waals surface area contributed by atoms with Gasteiger partial charge in [-0.1, -0.05) is 18.2 Å². The molecule has 1 N–H and O–H groups in total. The average Bonchev–Trinajstić information content (AvgIpc) is 2.78. The Kier molecular flexibility index (Phi) is 7.79. The number of para-hydroxylation sites is 1. The lowest BCUT2D eigenvalue weighted by atomic mass is 10.1. The molecular weight excluding hydrogens is 426 g/mol. The molecule has 8 heteroatoms. The number of ether oxygens (including phenoxy) is 1. The zero-order valence-corrected chi connectivity index (χ0v) is 20.1. The van der Waals surface area contributed by atoms with Crippen LogP contribution in [0, 0.1) is 0 Å². The summed E-state index contributed by atoms with van der Waals surface area (Å²) in [5.74, 6) is -0.0464. The Morgan fingerprint density at radius 2 is 1.81 bits per heavy atom. The number of nitrogens with zero attached hydrogens (tertiary/aromatic N) is 2. The third-order valence-corrected chi connectivity index (χ3v) is 7.21. The van der Waals surface area contributed by atoms with Gasteiger partial charge in [-0.2, -0.15) is 0 Å². The summed E-state index contributed by atoms with van der Waals surface area (Å²) < 4.78 is 33.3. The molecule has 1 heterocycles. The third kappa shape index (κ3) is 5.61. The molecule has 0 spiro atoms. The minimum Gasteiger partial charge on any atom is -0.495 e. The number of benzene rings is 2. The molecule has 0 bridgehead atoms. The minimum atomic E-state index is -3.82. The molecule has 0 saturated carbocycles. The molecule has 174 valence electrons. The summed E-state index contributed by atoms with van der Waals surface area (Å²) in [6, 6.07) is 12.4. The molecule has 0 unspecified atom stereocenters. The number of carbonyl (C=O) groups is 1. The van der Waals surface area contributed by atoms with Crippen molar-refractivity contribution >= 4 is 21.6 Å². The first kappa shape index (κ1) is 24.1. The average molecular weight is 460 g/mol. The van der Waals surface area contributed by atoms with E-state index in [0.717, 1.165) is 24.3 Å². The molecule has 1 saturated heterocycles. The van der Waals surface area contributed by atoms with Crippen molar-refractivity contribution in [2.45, 2.75) is 50.6 Å². The summed E-state index contributed by atoms with van der Waals surface area (Å²) in [4.78, 5) is 17.2. The van der Waals surface area contributed by atoms with Gasteiger partial charge in [0.1, 0.15) is 10.6 Å². The van der Waals surface area contributed by atoms with E-state index < -0.39 is 10.0 Å². The van der Waals surface area contributed by atoms with Crippen LogP contribution < -0.4 is 14.4 Å². The summed E-state index contributed by atoms with van der Waals surface area (Å²) in [5, 5.41) is 0. The van der Waals surface area contributed by atoms with E-state index in [0.29, 0.717) is 12.1 Å². The smallest absolute Gasteiger partial charge is 0.253 e. The highest BCUT2D eigenvalue weighted by molar-refractivity contribution is 7.89. The maximum absolute atomic E-state index is 13.2. The number of sulfonamides is 1. The Bertz CT molecular complexity index is 1050. The second-order valence-corrected chi connectivity index (χ2v) is 10.2. The lowest BCUT2D eigenvalue weighted by Gasteiger charge is -2.31. The first-order valence-corrected chi connectivity index (χ1v) is 12.5. The van der Waals surface area contributed by atoms with Crippen LogP contribution in [0.5, 0.6) is 5.75 Å². The number of hydrogen-bond acceptors (Lipinski definition) is 5. The highest BCUT2D eigenvalue weighted by atomic mass is 32.2. The molecule has 0 aliphatic carbocycles. The number of anilines is 1. The zero-order valence-electron chi connectivity index (χ0n) is 19.3. The molecule has 0 atom stereocenters. The van der Waals surface area contributed by atoms with Crippen LogP contribution in [-0.4, -0.2) is 52.5 Å². The van der Waals surface area contributed by atoms with Gasteiger partial charge in [0, 0.05) is 44.0 Å². The van der Waals surface area contributed by atoms with Crippen LogP contribution in [-0.2, 0) is 16.6 Å². The first-order valence-electron chi connectivity index (χ1n) is 11.0. The van der Waals surface area contributed by atoms with Gasteiger partial charge in [0.05, 0.1) is 7.11 Å². The Balaban J connectivity index is 1.85. The largest absolute Gasteiger partial charge is 0.495 e. The van der Waals surface area contributed by atoms with Gasteiger partial charge in [-0.25, -0.2) is 13.1 Å². The summed E-state index contributed by atoms with van der Waals surface area (Å²) in [5.41, 5.74) is 2.53. The predicted octanol–water partition coefficient (Wildman–Crippen LogP) is 3.64. The zero-order chi connectivity index (χ0) is 23.3. The number of rotatable bonds is 8. The number of amides is 1. The van der Waals surface area contributed by atoms with Gasteiger partial charge in [0.25, 0.3) is 5.91 Å². The standard InChI is InChI=1S/C24H33N3O4S/c1-18(2)25-32(29,30)23-16-19(12-13-22(23)31-4)24(28)26(3)17-20-10-6-7-11-21(20)27-14-8-5-9-15-27/h6-7,10-13,16,18,25H,5,8-9,14-15,17H2,1-4H3. The lowest BCUT2D eigenvalue weighted by molar-refractivity contribution is 0.0785. The summed E-state index contributed by atoms with van der Waals surface area (Å²) in [6.45, 7) is 5.97. The van der Waals surface area contributed by atoms with Gasteiger partial charge >= 0.3 is 0 Å². The molecule has 1 fully saturated rings. The summed E-state index contributed by atoms with van der Waals surface area (Å²) in [6.07, 6.45) is 3.61. The van der Waals surface area contributed by atoms with E-state index in [4.69, 9.17) is 4.74 Å². The second kappa shape index (κ2) is 10.4. The number of methoxy groups -OCH3 is 1. The van der Waals surface area contributed by atoms with Crippen LogP contribution in [0.3, 0.4) is 0 Å². The van der Waals surface area contributed by atoms with E-state index in [1.807, 2.05) is 18.2 Å². The Hall–Kier alpha value is -2.58. The van der Waals surface area contributed by atoms with Crippen LogP contribution in [0.15, 0.2) is 47.4 Å². The maximum Gasteiger partial charge on any atom is 0.253 e. The van der Waals surface area contributed by atoms with Crippen molar-refractivity contribution in [3.8, 4) is 5.75 Å². The van der Waals surface area contributed by atoms with Crippen molar-refractivity contribution in [1.29, 1.82) is 0 Å². The van der Waals surface area contributed by atoms with Gasteiger partial charge in [-0.05, 0) is 62.9 Å². The van der Waals surface area contributed by atoms with Crippen LogP contribution in [0.1, 0.15) is 49.0 Å². The molecule has 0 radical (unpaired) electrons. The first-order chi connectivity index (χ1) is 15.2. The summed E-state index contributed by atoms with van der Waals surface area (Å²) >= 11 is 0. The monoisotopic (exact) mass is 459 g/mol. The van der Waals surface area contributed by atoms with Crippen LogP contribution in [0.4, 0.5) is 5.69 Å². The normalized spacial score (nSPS) is 14.5. The van der Waals surface area contributed by atoms with Gasteiger partial charge < -0.3 is 14.5 Å². The van der Waals surface area contributed by atoms with Crippen LogP contribution in [0.2, 0.25) is 0 Å². The maximum atomic E-state index is 13.2.